The van der Waals surface area contributed by atoms with Crippen molar-refractivity contribution in [3.63, 3.8) is 0 Å². The lowest BCUT2D eigenvalue weighted by Gasteiger charge is -2.22. The van der Waals surface area contributed by atoms with Crippen molar-refractivity contribution in [1.29, 1.82) is 0 Å². The summed E-state index contributed by atoms with van der Waals surface area (Å²) in [5, 5.41) is 3.12. The van der Waals surface area contributed by atoms with Crippen LogP contribution in [0, 0.1) is 17.3 Å². The smallest absolute Gasteiger partial charge is 0.224 e. The molecular weight excluding hydrogens is 200 g/mol. The first-order valence-electron chi connectivity index (χ1n) is 6.58. The molecule has 16 heavy (non-hydrogen) atoms. The van der Waals surface area contributed by atoms with Crippen LogP contribution in [-0.2, 0) is 4.79 Å². The topological polar surface area (TPSA) is 55.1 Å². The lowest BCUT2D eigenvalue weighted by molar-refractivity contribution is -0.125. The second-order valence-electron chi connectivity index (χ2n) is 5.94. The summed E-state index contributed by atoms with van der Waals surface area (Å²) in [7, 11) is 0. The Morgan fingerprint density at radius 3 is 2.56 bits per heavy atom. The molecule has 0 aromatic heterocycles. The molecule has 0 aromatic carbocycles. The number of nitrogens with one attached hydrogen (secondary N) is 1. The molecule has 0 aromatic rings. The third kappa shape index (κ3) is 2.24. The van der Waals surface area contributed by atoms with E-state index < -0.39 is 0 Å². The van der Waals surface area contributed by atoms with Gasteiger partial charge in [0, 0.05) is 12.6 Å². The van der Waals surface area contributed by atoms with Gasteiger partial charge in [0.15, 0.2) is 0 Å². The van der Waals surface area contributed by atoms with Gasteiger partial charge in [-0.1, -0.05) is 20.3 Å². The minimum atomic E-state index is 0.0722. The molecule has 0 radical (unpaired) electrons. The molecule has 0 heterocycles. The second-order valence-corrected chi connectivity index (χ2v) is 5.94. The maximum atomic E-state index is 12.0. The van der Waals surface area contributed by atoms with Gasteiger partial charge in [-0.05, 0) is 37.0 Å². The highest BCUT2D eigenvalue weighted by molar-refractivity contribution is 5.79. The zero-order valence-electron chi connectivity index (χ0n) is 10.5. The number of carbonyl (C=O) groups is 1. The molecular formula is C13H24N2O. The van der Waals surface area contributed by atoms with Crippen LogP contribution in [0.4, 0.5) is 0 Å². The monoisotopic (exact) mass is 224 g/mol. The fourth-order valence-corrected chi connectivity index (χ4v) is 2.83. The first kappa shape index (κ1) is 11.9. The minimum absolute atomic E-state index is 0.0722. The fraction of sp³-hybridized carbons (Fsp3) is 0.923. The van der Waals surface area contributed by atoms with Crippen molar-refractivity contribution < 1.29 is 4.79 Å². The van der Waals surface area contributed by atoms with E-state index in [1.165, 1.54) is 12.8 Å². The van der Waals surface area contributed by atoms with Crippen LogP contribution in [0.2, 0.25) is 0 Å². The van der Waals surface area contributed by atoms with Crippen LogP contribution in [0.25, 0.3) is 0 Å². The van der Waals surface area contributed by atoms with Gasteiger partial charge in [0.25, 0.3) is 0 Å². The van der Waals surface area contributed by atoms with E-state index >= 15 is 0 Å². The van der Waals surface area contributed by atoms with Crippen LogP contribution in [0.5, 0.6) is 0 Å². The first-order chi connectivity index (χ1) is 7.55. The maximum Gasteiger partial charge on any atom is 0.224 e. The molecule has 92 valence electrons. The quantitative estimate of drug-likeness (QED) is 0.763. The Balaban J connectivity index is 1.80. The molecule has 3 heteroatoms. The minimum Gasteiger partial charge on any atom is -0.355 e. The summed E-state index contributed by atoms with van der Waals surface area (Å²) in [4.78, 5) is 12.0. The van der Waals surface area contributed by atoms with E-state index in [1.54, 1.807) is 0 Å². The first-order valence-corrected chi connectivity index (χ1v) is 6.58. The van der Waals surface area contributed by atoms with E-state index in [4.69, 9.17) is 5.73 Å². The van der Waals surface area contributed by atoms with Gasteiger partial charge in [-0.25, -0.2) is 0 Å². The molecule has 2 rings (SSSR count). The average Bonchev–Trinajstić information content (AvgIpc) is 2.92. The largest absolute Gasteiger partial charge is 0.355 e. The summed E-state index contributed by atoms with van der Waals surface area (Å²) in [6, 6.07) is 0.0919. The van der Waals surface area contributed by atoms with Gasteiger partial charge in [-0.3, -0.25) is 4.79 Å². The van der Waals surface area contributed by atoms with Crippen LogP contribution in [0.3, 0.4) is 0 Å². The van der Waals surface area contributed by atoms with E-state index in [9.17, 15) is 4.79 Å². The molecule has 0 bridgehead atoms. The van der Waals surface area contributed by atoms with Gasteiger partial charge in [-0.2, -0.15) is 0 Å². The molecule has 2 aliphatic rings. The molecule has 0 aliphatic heterocycles. The van der Waals surface area contributed by atoms with Crippen LogP contribution >= 0.6 is 0 Å². The van der Waals surface area contributed by atoms with Gasteiger partial charge in [0.1, 0.15) is 0 Å². The van der Waals surface area contributed by atoms with Gasteiger partial charge >= 0.3 is 0 Å². The Hall–Kier alpha value is -0.570. The summed E-state index contributed by atoms with van der Waals surface area (Å²) >= 11 is 0. The lowest BCUT2D eigenvalue weighted by Crippen LogP contribution is -2.41. The summed E-state index contributed by atoms with van der Waals surface area (Å²) in [6.45, 7) is 5.35. The lowest BCUT2D eigenvalue weighted by atomic mass is 9.92. The van der Waals surface area contributed by atoms with Crippen molar-refractivity contribution in [1.82, 2.24) is 5.32 Å². The summed E-state index contributed by atoms with van der Waals surface area (Å²) in [5.41, 5.74) is 6.33. The van der Waals surface area contributed by atoms with Crippen molar-refractivity contribution in [2.24, 2.45) is 23.0 Å². The normalized spacial score (nSPS) is 31.8. The van der Waals surface area contributed by atoms with Crippen molar-refractivity contribution in [2.75, 3.05) is 6.54 Å². The third-order valence-corrected chi connectivity index (χ3v) is 4.64. The molecule has 2 saturated carbocycles. The summed E-state index contributed by atoms with van der Waals surface area (Å²) in [6.07, 6.45) is 5.62. The highest BCUT2D eigenvalue weighted by Gasteiger charge is 2.45. The van der Waals surface area contributed by atoms with E-state index in [2.05, 4.69) is 19.2 Å². The molecule has 3 N–H and O–H groups in total. The van der Waals surface area contributed by atoms with Crippen molar-refractivity contribution in [2.45, 2.75) is 52.0 Å². The average molecular weight is 224 g/mol. The van der Waals surface area contributed by atoms with Crippen LogP contribution in [0.1, 0.15) is 46.0 Å². The highest BCUT2D eigenvalue weighted by atomic mass is 16.1. The van der Waals surface area contributed by atoms with Crippen LogP contribution in [-0.4, -0.2) is 18.5 Å². The highest BCUT2D eigenvalue weighted by Crippen LogP contribution is 2.51. The number of nitrogens with two attached hydrogens (primary N) is 1. The van der Waals surface area contributed by atoms with Gasteiger partial charge < -0.3 is 11.1 Å². The number of carbonyl (C=O) groups excluding carboxylic acids is 1. The maximum absolute atomic E-state index is 12.0. The Bertz CT molecular complexity index is 271. The molecule has 1 amide bonds. The van der Waals surface area contributed by atoms with Crippen molar-refractivity contribution >= 4 is 5.91 Å². The summed E-state index contributed by atoms with van der Waals surface area (Å²) < 4.78 is 0. The zero-order chi connectivity index (χ0) is 11.8. The molecule has 2 aliphatic carbocycles. The number of hydrogen-bond acceptors (Lipinski definition) is 2. The molecule has 2 atom stereocenters. The van der Waals surface area contributed by atoms with E-state index in [0.717, 1.165) is 25.8 Å². The van der Waals surface area contributed by atoms with Gasteiger partial charge in [0.05, 0.1) is 5.92 Å². The predicted octanol–water partition coefficient (Wildman–Crippen LogP) is 1.67. The number of hydrogen-bond donors (Lipinski definition) is 2. The Kier molecular flexibility index (Phi) is 3.24. The zero-order valence-corrected chi connectivity index (χ0v) is 10.5. The fourth-order valence-electron chi connectivity index (χ4n) is 2.83. The van der Waals surface area contributed by atoms with Crippen molar-refractivity contribution in [3.05, 3.63) is 0 Å². The van der Waals surface area contributed by atoms with E-state index in [-0.39, 0.29) is 17.9 Å². The van der Waals surface area contributed by atoms with Crippen molar-refractivity contribution in [3.8, 4) is 0 Å². The predicted molar refractivity (Wildman–Crippen MR) is 64.8 cm³/mol. The Labute approximate surface area is 98.2 Å². The second kappa shape index (κ2) is 4.36. The SMILES string of the molecule is CC(C)C1(CNC(=O)C2CCCC2N)CC1. The Morgan fingerprint density at radius 2 is 2.12 bits per heavy atom. The molecule has 0 spiro atoms. The molecule has 2 unspecified atom stereocenters. The van der Waals surface area contributed by atoms with E-state index in [0.29, 0.717) is 11.3 Å². The van der Waals surface area contributed by atoms with Crippen LogP contribution < -0.4 is 11.1 Å². The third-order valence-electron chi connectivity index (χ3n) is 4.64. The van der Waals surface area contributed by atoms with E-state index in [1.807, 2.05) is 0 Å². The van der Waals surface area contributed by atoms with Gasteiger partial charge in [0.2, 0.25) is 5.91 Å². The molecule has 0 saturated heterocycles. The Morgan fingerprint density at radius 1 is 1.44 bits per heavy atom. The molecule has 3 nitrogen and oxygen atoms in total. The number of amides is 1. The van der Waals surface area contributed by atoms with Crippen LogP contribution in [0.15, 0.2) is 0 Å². The molecule has 2 fully saturated rings. The number of rotatable bonds is 4. The van der Waals surface area contributed by atoms with Gasteiger partial charge in [-0.15, -0.1) is 0 Å². The summed E-state index contributed by atoms with van der Waals surface area (Å²) in [5.74, 6) is 0.935. The standard InChI is InChI=1S/C13H24N2O/c1-9(2)13(6-7-13)8-15-12(16)10-4-3-5-11(10)14/h9-11H,3-8,14H2,1-2H3,(H,15,16).